The second-order valence-corrected chi connectivity index (χ2v) is 8.55. The molecule has 2 rings (SSSR count). The standard InChI is InChI=1S/C20H34N4OS/c1-15(2)6-5-7-16(3)23-20(21-4)22-11-8-19(25)24-12-9-18-17(14-24)10-13-26-18/h10,13,15-16H,5-9,11-12,14H2,1-4H3,(H2,21,22,23). The van der Waals surface area contributed by atoms with Crippen molar-refractivity contribution < 1.29 is 4.79 Å². The van der Waals surface area contributed by atoms with Crippen LogP contribution in [0.15, 0.2) is 16.4 Å². The molecule has 0 radical (unpaired) electrons. The van der Waals surface area contributed by atoms with E-state index in [9.17, 15) is 4.79 Å². The fourth-order valence-electron chi connectivity index (χ4n) is 3.24. The summed E-state index contributed by atoms with van der Waals surface area (Å²) in [6, 6.07) is 2.53. The van der Waals surface area contributed by atoms with Gasteiger partial charge >= 0.3 is 0 Å². The molecule has 1 aliphatic heterocycles. The number of hydrogen-bond donors (Lipinski definition) is 2. The topological polar surface area (TPSA) is 56.7 Å². The fraction of sp³-hybridized carbons (Fsp3) is 0.700. The number of hydrogen-bond acceptors (Lipinski definition) is 3. The van der Waals surface area contributed by atoms with E-state index in [1.807, 2.05) is 4.90 Å². The largest absolute Gasteiger partial charge is 0.356 e. The molecule has 0 aromatic carbocycles. The first-order chi connectivity index (χ1) is 12.5. The second kappa shape index (κ2) is 10.6. The SMILES string of the molecule is CN=C(NCCC(=O)N1CCc2sccc2C1)NC(C)CCCC(C)C. The third-order valence-corrected chi connectivity index (χ3v) is 5.84. The van der Waals surface area contributed by atoms with Gasteiger partial charge in [-0.3, -0.25) is 9.79 Å². The van der Waals surface area contributed by atoms with Crippen LogP contribution < -0.4 is 10.6 Å². The molecule has 0 bridgehead atoms. The number of carbonyl (C=O) groups is 1. The summed E-state index contributed by atoms with van der Waals surface area (Å²) >= 11 is 1.80. The molecule has 0 saturated carbocycles. The van der Waals surface area contributed by atoms with Gasteiger partial charge in [0.2, 0.25) is 5.91 Å². The molecule has 1 aromatic rings. The Kier molecular flexibility index (Phi) is 8.42. The van der Waals surface area contributed by atoms with Crippen LogP contribution in [-0.4, -0.2) is 42.9 Å². The Balaban J connectivity index is 1.66. The first-order valence-electron chi connectivity index (χ1n) is 9.79. The zero-order valence-electron chi connectivity index (χ0n) is 16.7. The zero-order chi connectivity index (χ0) is 18.9. The van der Waals surface area contributed by atoms with Gasteiger partial charge in [-0.05, 0) is 42.7 Å². The highest BCUT2D eigenvalue weighted by molar-refractivity contribution is 7.10. The fourth-order valence-corrected chi connectivity index (χ4v) is 4.13. The molecule has 0 aliphatic carbocycles. The number of amides is 1. The quantitative estimate of drug-likeness (QED) is 0.538. The van der Waals surface area contributed by atoms with Crippen LogP contribution >= 0.6 is 11.3 Å². The minimum atomic E-state index is 0.217. The van der Waals surface area contributed by atoms with Crippen LogP contribution in [0.25, 0.3) is 0 Å². The minimum Gasteiger partial charge on any atom is -0.356 e. The maximum Gasteiger partial charge on any atom is 0.224 e. The van der Waals surface area contributed by atoms with Gasteiger partial charge < -0.3 is 15.5 Å². The monoisotopic (exact) mass is 378 g/mol. The summed E-state index contributed by atoms with van der Waals surface area (Å²) in [4.78, 5) is 20.1. The van der Waals surface area contributed by atoms with E-state index in [4.69, 9.17) is 0 Å². The number of fused-ring (bicyclic) bond motifs is 1. The summed E-state index contributed by atoms with van der Waals surface area (Å²) < 4.78 is 0. The smallest absolute Gasteiger partial charge is 0.224 e. The molecular formula is C20H34N4OS. The average Bonchev–Trinajstić information content (AvgIpc) is 3.08. The molecule has 0 spiro atoms. The first kappa shape index (κ1) is 20.7. The van der Waals surface area contributed by atoms with Gasteiger partial charge in [-0.2, -0.15) is 0 Å². The highest BCUT2D eigenvalue weighted by Gasteiger charge is 2.21. The van der Waals surface area contributed by atoms with Crippen molar-refractivity contribution in [2.75, 3.05) is 20.1 Å². The summed E-state index contributed by atoms with van der Waals surface area (Å²) in [6.07, 6.45) is 5.11. The molecule has 0 fully saturated rings. The van der Waals surface area contributed by atoms with Gasteiger partial charge in [-0.1, -0.05) is 26.7 Å². The number of nitrogens with one attached hydrogen (secondary N) is 2. The maximum atomic E-state index is 12.5. The van der Waals surface area contributed by atoms with E-state index >= 15 is 0 Å². The number of guanidine groups is 1. The van der Waals surface area contributed by atoms with E-state index in [-0.39, 0.29) is 5.91 Å². The van der Waals surface area contributed by atoms with Crippen LogP contribution in [0.5, 0.6) is 0 Å². The summed E-state index contributed by atoms with van der Waals surface area (Å²) in [6.45, 7) is 8.92. The van der Waals surface area contributed by atoms with E-state index in [0.29, 0.717) is 19.0 Å². The van der Waals surface area contributed by atoms with Crippen molar-refractivity contribution in [2.24, 2.45) is 10.9 Å². The maximum absolute atomic E-state index is 12.5. The second-order valence-electron chi connectivity index (χ2n) is 7.55. The molecule has 0 saturated heterocycles. The van der Waals surface area contributed by atoms with Crippen LogP contribution in [0.1, 0.15) is 56.9 Å². The van der Waals surface area contributed by atoms with Crippen LogP contribution in [0.4, 0.5) is 0 Å². The Labute approximate surface area is 162 Å². The molecule has 146 valence electrons. The van der Waals surface area contributed by atoms with E-state index in [1.165, 1.54) is 23.3 Å². The van der Waals surface area contributed by atoms with E-state index in [2.05, 4.69) is 47.8 Å². The zero-order valence-corrected chi connectivity index (χ0v) is 17.5. The molecule has 5 nitrogen and oxygen atoms in total. The molecule has 1 aliphatic rings. The van der Waals surface area contributed by atoms with Crippen molar-refractivity contribution in [1.29, 1.82) is 0 Å². The third kappa shape index (κ3) is 6.63. The molecule has 6 heteroatoms. The summed E-state index contributed by atoms with van der Waals surface area (Å²) in [5.41, 5.74) is 1.32. The molecule has 2 N–H and O–H groups in total. The average molecular weight is 379 g/mol. The molecule has 1 atom stereocenters. The Hall–Kier alpha value is -1.56. The number of nitrogens with zero attached hydrogens (tertiary/aromatic N) is 2. The van der Waals surface area contributed by atoms with Crippen molar-refractivity contribution in [2.45, 2.75) is 65.5 Å². The Bertz CT molecular complexity index is 596. The number of aliphatic imine (C=N–C) groups is 1. The lowest BCUT2D eigenvalue weighted by molar-refractivity contribution is -0.131. The number of thiophene rings is 1. The first-order valence-corrected chi connectivity index (χ1v) is 10.7. The van der Waals surface area contributed by atoms with Crippen molar-refractivity contribution in [3.63, 3.8) is 0 Å². The van der Waals surface area contributed by atoms with Gasteiger partial charge in [0.1, 0.15) is 0 Å². The van der Waals surface area contributed by atoms with Gasteiger partial charge in [0.15, 0.2) is 5.96 Å². The molecule has 26 heavy (non-hydrogen) atoms. The van der Waals surface area contributed by atoms with Crippen molar-refractivity contribution in [1.82, 2.24) is 15.5 Å². The van der Waals surface area contributed by atoms with Crippen molar-refractivity contribution >= 4 is 23.2 Å². The van der Waals surface area contributed by atoms with Gasteiger partial charge in [0.25, 0.3) is 0 Å². The van der Waals surface area contributed by atoms with Gasteiger partial charge in [-0.25, -0.2) is 0 Å². The molecule has 1 aromatic heterocycles. The lowest BCUT2D eigenvalue weighted by atomic mass is 10.0. The summed E-state index contributed by atoms with van der Waals surface area (Å²) in [5.74, 6) is 1.76. The molecular weight excluding hydrogens is 344 g/mol. The highest BCUT2D eigenvalue weighted by atomic mass is 32.1. The highest BCUT2D eigenvalue weighted by Crippen LogP contribution is 2.24. The summed E-state index contributed by atoms with van der Waals surface area (Å²) in [5, 5.41) is 8.82. The molecule has 1 unspecified atom stereocenters. The molecule has 2 heterocycles. The van der Waals surface area contributed by atoms with Crippen LogP contribution in [0, 0.1) is 5.92 Å². The summed E-state index contributed by atoms with van der Waals surface area (Å²) in [7, 11) is 1.78. The van der Waals surface area contributed by atoms with E-state index in [0.717, 1.165) is 37.8 Å². The third-order valence-electron chi connectivity index (χ3n) is 4.82. The lowest BCUT2D eigenvalue weighted by Gasteiger charge is -2.27. The number of rotatable bonds is 8. The Morgan fingerprint density at radius 1 is 1.35 bits per heavy atom. The van der Waals surface area contributed by atoms with Crippen molar-refractivity contribution in [3.8, 4) is 0 Å². The van der Waals surface area contributed by atoms with Crippen LogP contribution in [0.2, 0.25) is 0 Å². The van der Waals surface area contributed by atoms with E-state index in [1.54, 1.807) is 18.4 Å². The van der Waals surface area contributed by atoms with Crippen LogP contribution in [0.3, 0.4) is 0 Å². The van der Waals surface area contributed by atoms with Crippen LogP contribution in [-0.2, 0) is 17.8 Å². The lowest BCUT2D eigenvalue weighted by Crippen LogP contribution is -2.44. The van der Waals surface area contributed by atoms with Crippen molar-refractivity contribution in [3.05, 3.63) is 21.9 Å². The molecule has 1 amide bonds. The number of carbonyl (C=O) groups excluding carboxylic acids is 1. The normalized spacial score (nSPS) is 15.7. The van der Waals surface area contributed by atoms with Gasteiger partial charge in [0.05, 0.1) is 0 Å². The Morgan fingerprint density at radius 2 is 2.15 bits per heavy atom. The Morgan fingerprint density at radius 3 is 2.88 bits per heavy atom. The predicted octanol–water partition coefficient (Wildman–Crippen LogP) is 3.40. The van der Waals surface area contributed by atoms with Gasteiger partial charge in [0, 0.05) is 44.0 Å². The van der Waals surface area contributed by atoms with E-state index < -0.39 is 0 Å². The minimum absolute atomic E-state index is 0.217. The predicted molar refractivity (Wildman–Crippen MR) is 111 cm³/mol. The van der Waals surface area contributed by atoms with Gasteiger partial charge in [-0.15, -0.1) is 11.3 Å².